The number of ether oxygens (including phenoxy) is 2. The van der Waals surface area contributed by atoms with Crippen LogP contribution in [0, 0.1) is 10.1 Å². The molecular weight excluding hydrogens is 388 g/mol. The number of nitrogens with zero attached hydrogens (tertiary/aromatic N) is 5. The molecule has 4 rings (SSSR count). The van der Waals surface area contributed by atoms with Gasteiger partial charge in [0.1, 0.15) is 0 Å². The van der Waals surface area contributed by atoms with Crippen LogP contribution in [0.25, 0.3) is 21.8 Å². The van der Waals surface area contributed by atoms with Crippen LogP contribution in [0.1, 0.15) is 0 Å². The van der Waals surface area contributed by atoms with Crippen molar-refractivity contribution in [3.8, 4) is 0 Å². The number of hydrogen-bond donors (Lipinski definition) is 1. The minimum atomic E-state index is -0.411. The van der Waals surface area contributed by atoms with Gasteiger partial charge in [0.15, 0.2) is 0 Å². The second kappa shape index (κ2) is 9.81. The normalized spacial score (nSPS) is 10.9. The Bertz CT molecular complexity index is 1140. The molecule has 0 atom stereocenters. The molecule has 0 aliphatic heterocycles. The number of anilines is 1. The quantitative estimate of drug-likeness (QED) is 0.281. The van der Waals surface area contributed by atoms with Crippen LogP contribution >= 0.6 is 0 Å². The molecular formula is C20H24N6O4. The van der Waals surface area contributed by atoms with Crippen molar-refractivity contribution >= 4 is 33.2 Å². The highest BCUT2D eigenvalue weighted by molar-refractivity contribution is 5.82. The summed E-state index contributed by atoms with van der Waals surface area (Å²) in [5, 5.41) is 20.8. The number of aromatic nitrogens is 4. The van der Waals surface area contributed by atoms with Crippen LogP contribution in [0.15, 0.2) is 48.8 Å². The lowest BCUT2D eigenvalue weighted by Gasteiger charge is -2.02. The topological polar surface area (TPSA) is 123 Å². The third-order valence-corrected chi connectivity index (χ3v) is 4.52. The lowest BCUT2D eigenvalue weighted by Crippen LogP contribution is -2.05. The zero-order chi connectivity index (χ0) is 21.5. The van der Waals surface area contributed by atoms with Gasteiger partial charge in [-0.1, -0.05) is 0 Å². The van der Waals surface area contributed by atoms with E-state index in [1.807, 2.05) is 29.1 Å². The number of nitro benzene ring substituents is 1. The van der Waals surface area contributed by atoms with Gasteiger partial charge in [0, 0.05) is 42.8 Å². The number of rotatable bonds is 7. The van der Waals surface area contributed by atoms with E-state index < -0.39 is 4.92 Å². The fourth-order valence-corrected chi connectivity index (χ4v) is 3.01. The lowest BCUT2D eigenvalue weighted by molar-refractivity contribution is -0.384. The average molecular weight is 412 g/mol. The summed E-state index contributed by atoms with van der Waals surface area (Å²) in [6, 6.07) is 10.5. The van der Waals surface area contributed by atoms with Crippen LogP contribution < -0.4 is 5.73 Å². The molecule has 0 unspecified atom stereocenters. The van der Waals surface area contributed by atoms with Crippen molar-refractivity contribution in [2.24, 2.45) is 0 Å². The van der Waals surface area contributed by atoms with Crippen molar-refractivity contribution in [1.29, 1.82) is 0 Å². The molecule has 2 aromatic heterocycles. The molecule has 2 aromatic carbocycles. The van der Waals surface area contributed by atoms with E-state index in [4.69, 9.17) is 15.2 Å². The first-order valence-electron chi connectivity index (χ1n) is 9.32. The zero-order valence-electron chi connectivity index (χ0n) is 16.9. The predicted octanol–water partition coefficient (Wildman–Crippen LogP) is 2.86. The van der Waals surface area contributed by atoms with Crippen molar-refractivity contribution in [2.75, 3.05) is 33.2 Å². The Morgan fingerprint density at radius 2 is 1.47 bits per heavy atom. The third-order valence-electron chi connectivity index (χ3n) is 4.52. The number of hydrogen-bond acceptors (Lipinski definition) is 7. The monoisotopic (exact) mass is 412 g/mol. The summed E-state index contributed by atoms with van der Waals surface area (Å²) >= 11 is 0. The van der Waals surface area contributed by atoms with Gasteiger partial charge >= 0.3 is 0 Å². The highest BCUT2D eigenvalue weighted by Gasteiger charge is 2.09. The maximum atomic E-state index is 10.6. The lowest BCUT2D eigenvalue weighted by atomic mass is 10.2. The maximum absolute atomic E-state index is 10.6. The minimum Gasteiger partial charge on any atom is -0.399 e. The Balaban J connectivity index is 0.000000172. The Hall–Kier alpha value is -3.50. The Labute approximate surface area is 172 Å². The number of methoxy groups -OCH3 is 2. The molecule has 0 spiro atoms. The average Bonchev–Trinajstić information content (AvgIpc) is 3.34. The molecule has 0 radical (unpaired) electrons. The van der Waals surface area contributed by atoms with Gasteiger partial charge < -0.3 is 15.2 Å². The number of fused-ring (bicyclic) bond motifs is 2. The van der Waals surface area contributed by atoms with Crippen molar-refractivity contribution < 1.29 is 14.4 Å². The van der Waals surface area contributed by atoms with E-state index in [9.17, 15) is 10.1 Å². The first-order valence-corrected chi connectivity index (χ1v) is 9.32. The summed E-state index contributed by atoms with van der Waals surface area (Å²) < 4.78 is 13.6. The summed E-state index contributed by atoms with van der Waals surface area (Å²) in [6.07, 6.45) is 3.44. The SMILES string of the molecule is COCCn1ncc2cc(N)ccc21.COCCn1ncc2cc([N+](=O)[O-])ccc21. The number of nitro groups is 1. The fourth-order valence-electron chi connectivity index (χ4n) is 3.01. The molecule has 0 amide bonds. The van der Waals surface area contributed by atoms with Gasteiger partial charge in [-0.15, -0.1) is 0 Å². The Morgan fingerprint density at radius 3 is 2.00 bits per heavy atom. The molecule has 0 fully saturated rings. The van der Waals surface area contributed by atoms with Gasteiger partial charge in [-0.2, -0.15) is 10.2 Å². The van der Waals surface area contributed by atoms with Crippen LogP contribution in [0.2, 0.25) is 0 Å². The standard InChI is InChI=1S/C10H11N3O3.C10H13N3O/c1-16-5-4-12-10-3-2-9(13(14)15)6-8(10)7-11-12;1-14-5-4-13-10-3-2-9(11)6-8(10)7-12-13/h2-3,6-7H,4-5H2,1H3;2-3,6-7H,4-5,11H2,1H3. The van der Waals surface area contributed by atoms with Crippen LogP contribution in [-0.2, 0) is 22.6 Å². The molecule has 0 aliphatic carbocycles. The maximum Gasteiger partial charge on any atom is 0.270 e. The van der Waals surface area contributed by atoms with E-state index in [-0.39, 0.29) is 5.69 Å². The van der Waals surface area contributed by atoms with E-state index in [0.717, 1.165) is 34.0 Å². The summed E-state index contributed by atoms with van der Waals surface area (Å²) in [4.78, 5) is 10.2. The third kappa shape index (κ3) is 4.91. The van der Waals surface area contributed by atoms with Gasteiger partial charge in [-0.25, -0.2) is 0 Å². The summed E-state index contributed by atoms with van der Waals surface area (Å²) in [5.41, 5.74) is 8.49. The molecule has 0 saturated carbocycles. The molecule has 0 bridgehead atoms. The smallest absolute Gasteiger partial charge is 0.270 e. The van der Waals surface area contributed by atoms with E-state index in [1.165, 1.54) is 12.1 Å². The van der Waals surface area contributed by atoms with Crippen LogP contribution in [0.4, 0.5) is 11.4 Å². The number of nitrogens with two attached hydrogens (primary N) is 1. The van der Waals surface area contributed by atoms with Crippen molar-refractivity contribution in [2.45, 2.75) is 13.1 Å². The second-order valence-electron chi connectivity index (χ2n) is 6.54. The van der Waals surface area contributed by atoms with Crippen LogP contribution in [0.5, 0.6) is 0 Å². The molecule has 158 valence electrons. The van der Waals surface area contributed by atoms with E-state index in [0.29, 0.717) is 19.8 Å². The number of benzene rings is 2. The van der Waals surface area contributed by atoms with Gasteiger partial charge in [0.05, 0.1) is 54.7 Å². The van der Waals surface area contributed by atoms with E-state index >= 15 is 0 Å². The number of nitrogen functional groups attached to an aromatic ring is 1. The predicted molar refractivity (Wildman–Crippen MR) is 114 cm³/mol. The van der Waals surface area contributed by atoms with E-state index in [1.54, 1.807) is 31.2 Å². The van der Waals surface area contributed by atoms with Gasteiger partial charge in [0.25, 0.3) is 5.69 Å². The highest BCUT2D eigenvalue weighted by Crippen LogP contribution is 2.20. The largest absolute Gasteiger partial charge is 0.399 e. The first-order chi connectivity index (χ1) is 14.5. The first kappa shape index (κ1) is 21.2. The minimum absolute atomic E-state index is 0.0822. The highest BCUT2D eigenvalue weighted by atomic mass is 16.6. The molecule has 0 saturated heterocycles. The van der Waals surface area contributed by atoms with Gasteiger partial charge in [-0.3, -0.25) is 19.5 Å². The molecule has 10 nitrogen and oxygen atoms in total. The zero-order valence-corrected chi connectivity index (χ0v) is 16.9. The molecule has 2 heterocycles. The van der Waals surface area contributed by atoms with Crippen molar-refractivity contribution in [3.63, 3.8) is 0 Å². The van der Waals surface area contributed by atoms with Crippen molar-refractivity contribution in [3.05, 3.63) is 58.9 Å². The van der Waals surface area contributed by atoms with E-state index in [2.05, 4.69) is 10.2 Å². The molecule has 2 N–H and O–H groups in total. The van der Waals surface area contributed by atoms with Gasteiger partial charge in [0.2, 0.25) is 0 Å². The number of non-ortho nitro benzene ring substituents is 1. The van der Waals surface area contributed by atoms with Crippen LogP contribution in [-0.4, -0.2) is 51.9 Å². The Morgan fingerprint density at radius 1 is 0.933 bits per heavy atom. The molecule has 0 aliphatic rings. The second-order valence-corrected chi connectivity index (χ2v) is 6.54. The van der Waals surface area contributed by atoms with Crippen LogP contribution in [0.3, 0.4) is 0 Å². The van der Waals surface area contributed by atoms with Crippen molar-refractivity contribution in [1.82, 2.24) is 19.6 Å². The molecule has 30 heavy (non-hydrogen) atoms. The summed E-state index contributed by atoms with van der Waals surface area (Å²) in [6.45, 7) is 2.64. The fraction of sp³-hybridized carbons (Fsp3) is 0.300. The molecule has 4 aromatic rings. The van der Waals surface area contributed by atoms with Gasteiger partial charge in [-0.05, 0) is 24.3 Å². The summed E-state index contributed by atoms with van der Waals surface area (Å²) in [7, 11) is 3.31. The molecule has 10 heteroatoms. The summed E-state index contributed by atoms with van der Waals surface area (Å²) in [5.74, 6) is 0. The Kier molecular flexibility index (Phi) is 6.94.